The van der Waals surface area contributed by atoms with Crippen molar-refractivity contribution in [2.24, 2.45) is 5.92 Å². The predicted molar refractivity (Wildman–Crippen MR) is 81.6 cm³/mol. The molecule has 0 spiro atoms. The van der Waals surface area contributed by atoms with Gasteiger partial charge in [0.2, 0.25) is 0 Å². The quantitative estimate of drug-likeness (QED) is 0.389. The lowest BCUT2D eigenvalue weighted by atomic mass is 9.96. The summed E-state index contributed by atoms with van der Waals surface area (Å²) in [5.74, 6) is 0.158. The molecule has 0 saturated heterocycles. The van der Waals surface area contributed by atoms with E-state index < -0.39 is 8.32 Å². The maximum absolute atomic E-state index is 9.94. The van der Waals surface area contributed by atoms with Gasteiger partial charge in [-0.3, -0.25) is 0 Å². The zero-order valence-corrected chi connectivity index (χ0v) is 13.6. The molecule has 112 valence electrons. The Morgan fingerprint density at radius 2 is 2.00 bits per heavy atom. The van der Waals surface area contributed by atoms with E-state index in [4.69, 9.17) is 4.43 Å². The first kappa shape index (κ1) is 16.9. The second-order valence-corrected chi connectivity index (χ2v) is 11.1. The molecule has 0 bridgehead atoms. The van der Waals surface area contributed by atoms with E-state index >= 15 is 0 Å². The number of hydrogen-bond acceptors (Lipinski definition) is 3. The summed E-state index contributed by atoms with van der Waals surface area (Å²) in [5.41, 5.74) is 0. The van der Waals surface area contributed by atoms with Crippen LogP contribution in [0.4, 0.5) is 0 Å². The van der Waals surface area contributed by atoms with Crippen LogP contribution in [0.15, 0.2) is 12.2 Å². The fraction of sp³-hybridized carbons (Fsp3) is 0.867. The molecule has 0 heterocycles. The summed E-state index contributed by atoms with van der Waals surface area (Å²) < 4.78 is 5.79. The average Bonchev–Trinajstić information content (AvgIpc) is 2.68. The minimum atomic E-state index is -1.36. The first-order chi connectivity index (χ1) is 8.88. The van der Waals surface area contributed by atoms with Gasteiger partial charge < -0.3 is 14.6 Å². The molecule has 19 heavy (non-hydrogen) atoms. The first-order valence-electron chi connectivity index (χ1n) is 7.55. The van der Waals surface area contributed by atoms with Gasteiger partial charge in [0.05, 0.1) is 12.2 Å². The van der Waals surface area contributed by atoms with Crippen LogP contribution in [0.3, 0.4) is 0 Å². The van der Waals surface area contributed by atoms with Crippen molar-refractivity contribution < 1.29 is 14.6 Å². The molecule has 0 aromatic heterocycles. The molecule has 0 saturated carbocycles. The van der Waals surface area contributed by atoms with Crippen LogP contribution in [0.5, 0.6) is 0 Å². The Morgan fingerprint density at radius 3 is 2.58 bits per heavy atom. The van der Waals surface area contributed by atoms with Crippen molar-refractivity contribution in [2.75, 3.05) is 6.61 Å². The molecule has 0 aliphatic heterocycles. The number of hydrogen-bond donors (Lipinski definition) is 2. The topological polar surface area (TPSA) is 49.7 Å². The minimum Gasteiger partial charge on any atom is -0.418 e. The Kier molecular flexibility index (Phi) is 7.29. The van der Waals surface area contributed by atoms with Crippen LogP contribution >= 0.6 is 0 Å². The molecule has 3 nitrogen and oxygen atoms in total. The van der Waals surface area contributed by atoms with E-state index in [2.05, 4.69) is 19.6 Å². The molecule has 2 unspecified atom stereocenters. The van der Waals surface area contributed by atoms with Crippen LogP contribution in [-0.4, -0.2) is 37.3 Å². The van der Waals surface area contributed by atoms with Gasteiger partial charge in [0.15, 0.2) is 8.32 Å². The van der Waals surface area contributed by atoms with Gasteiger partial charge in [-0.05, 0) is 45.3 Å². The second-order valence-electron chi connectivity index (χ2n) is 6.59. The molecule has 0 fully saturated rings. The Balaban J connectivity index is 1.98. The fourth-order valence-electron chi connectivity index (χ4n) is 2.40. The molecule has 0 aromatic carbocycles. The van der Waals surface area contributed by atoms with E-state index in [0.29, 0.717) is 6.42 Å². The minimum absolute atomic E-state index is 0.158. The standard InChI is InChI=1S/C15H30O3Si/c1-19(2,3)18-11-6-4-5-9-14(16)12-13-8-7-10-15(13)17/h7-8,13-17H,4-6,9-12H2,1-3H3/t13-,14?,15?/m1/s1. The van der Waals surface area contributed by atoms with Crippen molar-refractivity contribution in [1.82, 2.24) is 0 Å². The predicted octanol–water partition coefficient (Wildman–Crippen LogP) is 3.09. The fourth-order valence-corrected chi connectivity index (χ4v) is 3.16. The van der Waals surface area contributed by atoms with Crippen molar-refractivity contribution in [3.63, 3.8) is 0 Å². The highest BCUT2D eigenvalue weighted by Gasteiger charge is 2.22. The molecule has 1 aliphatic rings. The summed E-state index contributed by atoms with van der Waals surface area (Å²) in [6, 6.07) is 0. The zero-order valence-electron chi connectivity index (χ0n) is 12.6. The zero-order chi connectivity index (χ0) is 14.3. The van der Waals surface area contributed by atoms with Gasteiger partial charge in [0.25, 0.3) is 0 Å². The number of rotatable bonds is 9. The lowest BCUT2D eigenvalue weighted by Gasteiger charge is -2.18. The molecular weight excluding hydrogens is 256 g/mol. The van der Waals surface area contributed by atoms with Crippen molar-refractivity contribution in [3.05, 3.63) is 12.2 Å². The van der Waals surface area contributed by atoms with Crippen molar-refractivity contribution in [3.8, 4) is 0 Å². The largest absolute Gasteiger partial charge is 0.418 e. The maximum Gasteiger partial charge on any atom is 0.183 e. The average molecular weight is 286 g/mol. The van der Waals surface area contributed by atoms with E-state index in [1.165, 1.54) is 0 Å². The van der Waals surface area contributed by atoms with Crippen LogP contribution in [0.2, 0.25) is 19.6 Å². The summed E-state index contributed by atoms with van der Waals surface area (Å²) in [7, 11) is -1.36. The van der Waals surface area contributed by atoms with Crippen LogP contribution < -0.4 is 0 Å². The normalized spacial score (nSPS) is 24.9. The van der Waals surface area contributed by atoms with Gasteiger partial charge in [-0.15, -0.1) is 0 Å². The number of aliphatic hydroxyl groups is 2. The van der Waals surface area contributed by atoms with Gasteiger partial charge in [-0.1, -0.05) is 25.0 Å². The lowest BCUT2D eigenvalue weighted by Crippen LogP contribution is -2.25. The van der Waals surface area contributed by atoms with Gasteiger partial charge in [0.1, 0.15) is 0 Å². The van der Waals surface area contributed by atoms with Gasteiger partial charge >= 0.3 is 0 Å². The molecule has 2 N–H and O–H groups in total. The van der Waals surface area contributed by atoms with E-state index in [1.54, 1.807) is 0 Å². The third-order valence-corrected chi connectivity index (χ3v) is 4.59. The third-order valence-electron chi connectivity index (χ3n) is 3.52. The molecule has 4 heteroatoms. The van der Waals surface area contributed by atoms with Gasteiger partial charge in [0, 0.05) is 12.5 Å². The van der Waals surface area contributed by atoms with E-state index in [-0.39, 0.29) is 18.1 Å². The van der Waals surface area contributed by atoms with E-state index in [1.807, 2.05) is 12.2 Å². The lowest BCUT2D eigenvalue weighted by molar-refractivity contribution is 0.0845. The van der Waals surface area contributed by atoms with Gasteiger partial charge in [-0.25, -0.2) is 0 Å². The van der Waals surface area contributed by atoms with Crippen molar-refractivity contribution in [2.45, 2.75) is 70.4 Å². The van der Waals surface area contributed by atoms with Crippen LogP contribution in [0.25, 0.3) is 0 Å². The van der Waals surface area contributed by atoms with Crippen molar-refractivity contribution >= 4 is 8.32 Å². The first-order valence-corrected chi connectivity index (χ1v) is 11.0. The Morgan fingerprint density at radius 1 is 1.26 bits per heavy atom. The molecule has 1 aliphatic carbocycles. The molecule has 0 aromatic rings. The SMILES string of the molecule is C[Si](C)(C)OCCCCCC(O)C[C@H]1C=CCC1O. The van der Waals surface area contributed by atoms with E-state index in [9.17, 15) is 10.2 Å². The second kappa shape index (κ2) is 8.20. The summed E-state index contributed by atoms with van der Waals surface area (Å²) in [5, 5.41) is 19.6. The monoisotopic (exact) mass is 286 g/mol. The molecule has 1 rings (SSSR count). The summed E-state index contributed by atoms with van der Waals surface area (Å²) >= 11 is 0. The van der Waals surface area contributed by atoms with Crippen LogP contribution in [-0.2, 0) is 4.43 Å². The molecule has 0 radical (unpaired) electrons. The van der Waals surface area contributed by atoms with Crippen LogP contribution in [0, 0.1) is 5.92 Å². The number of unbranched alkanes of at least 4 members (excludes halogenated alkanes) is 2. The third kappa shape index (κ3) is 7.87. The molecule has 3 atom stereocenters. The van der Waals surface area contributed by atoms with Crippen molar-refractivity contribution in [1.29, 1.82) is 0 Å². The Bertz CT molecular complexity index is 273. The highest BCUT2D eigenvalue weighted by molar-refractivity contribution is 6.69. The Hall–Kier alpha value is -0.163. The smallest absolute Gasteiger partial charge is 0.183 e. The highest BCUT2D eigenvalue weighted by Crippen LogP contribution is 2.24. The van der Waals surface area contributed by atoms with E-state index in [0.717, 1.165) is 38.7 Å². The summed E-state index contributed by atoms with van der Waals surface area (Å²) in [6.07, 6.45) is 9.01. The van der Waals surface area contributed by atoms with Crippen LogP contribution in [0.1, 0.15) is 38.5 Å². The Labute approximate surface area is 118 Å². The molecular formula is C15H30O3Si. The number of aliphatic hydroxyl groups excluding tert-OH is 2. The van der Waals surface area contributed by atoms with Gasteiger partial charge in [-0.2, -0.15) is 0 Å². The summed E-state index contributed by atoms with van der Waals surface area (Å²) in [4.78, 5) is 0. The summed E-state index contributed by atoms with van der Waals surface area (Å²) in [6.45, 7) is 7.47. The maximum atomic E-state index is 9.94. The molecule has 0 amide bonds. The highest BCUT2D eigenvalue weighted by atomic mass is 28.4.